The molecule has 2 aromatic carbocycles. The van der Waals surface area contributed by atoms with Crippen LogP contribution >= 0.6 is 15.9 Å². The summed E-state index contributed by atoms with van der Waals surface area (Å²) in [4.78, 5) is 43.0. The fraction of sp³-hybridized carbons (Fsp3) is 0.167. The zero-order valence-electron chi connectivity index (χ0n) is 20.0. The molecule has 0 aliphatic heterocycles. The summed E-state index contributed by atoms with van der Waals surface area (Å²) in [6, 6.07) is 10.2. The van der Waals surface area contributed by atoms with E-state index in [1.165, 1.54) is 36.2 Å². The molecule has 2 aromatic heterocycles. The molecule has 0 saturated carbocycles. The lowest BCUT2D eigenvalue weighted by Crippen LogP contribution is -2.22. The first-order chi connectivity index (χ1) is 18.2. The molecule has 0 spiro atoms. The monoisotopic (exact) mass is 582 g/mol. The largest absolute Gasteiger partial charge is 0.493 e. The van der Waals surface area contributed by atoms with Crippen LogP contribution in [0.25, 0.3) is 10.9 Å². The van der Waals surface area contributed by atoms with Gasteiger partial charge in [-0.25, -0.2) is 9.97 Å². The number of fused-ring (bicyclic) bond motifs is 1. The third-order valence-electron chi connectivity index (χ3n) is 5.28. The molecule has 194 valence electrons. The van der Waals surface area contributed by atoms with E-state index in [4.69, 9.17) is 9.47 Å². The Balaban J connectivity index is 1.77. The predicted molar refractivity (Wildman–Crippen MR) is 141 cm³/mol. The molecule has 0 saturated heterocycles. The first-order valence-corrected chi connectivity index (χ1v) is 11.9. The van der Waals surface area contributed by atoms with Crippen LogP contribution in [0, 0.1) is 20.2 Å². The summed E-state index contributed by atoms with van der Waals surface area (Å²) in [6.07, 6.45) is 3.45. The number of aryl methyl sites for hydroxylation is 1. The number of pyridine rings is 1. The van der Waals surface area contributed by atoms with E-state index in [9.17, 15) is 25.0 Å². The fourth-order valence-corrected chi connectivity index (χ4v) is 3.90. The second-order valence-corrected chi connectivity index (χ2v) is 8.76. The summed E-state index contributed by atoms with van der Waals surface area (Å²) >= 11 is 3.36. The zero-order chi connectivity index (χ0) is 27.4. The van der Waals surface area contributed by atoms with Crippen molar-refractivity contribution in [3.8, 4) is 17.4 Å². The Labute approximate surface area is 222 Å². The predicted octanol–water partition coefficient (Wildman–Crippen LogP) is 5.01. The maximum absolute atomic E-state index is 13.2. The molecule has 0 N–H and O–H groups in total. The van der Waals surface area contributed by atoms with Crippen molar-refractivity contribution in [3.63, 3.8) is 0 Å². The highest BCUT2D eigenvalue weighted by molar-refractivity contribution is 9.10. The first kappa shape index (κ1) is 26.3. The van der Waals surface area contributed by atoms with Gasteiger partial charge in [0.15, 0.2) is 5.75 Å². The van der Waals surface area contributed by atoms with Crippen molar-refractivity contribution >= 4 is 44.4 Å². The van der Waals surface area contributed by atoms with Crippen molar-refractivity contribution in [2.24, 2.45) is 5.10 Å². The Morgan fingerprint density at radius 1 is 1.13 bits per heavy atom. The lowest BCUT2D eigenvalue weighted by molar-refractivity contribution is -0.385. The van der Waals surface area contributed by atoms with E-state index in [1.54, 1.807) is 18.2 Å². The number of benzene rings is 2. The van der Waals surface area contributed by atoms with E-state index in [0.29, 0.717) is 34.0 Å². The van der Waals surface area contributed by atoms with Crippen LogP contribution in [0.15, 0.2) is 63.0 Å². The number of halogens is 1. The summed E-state index contributed by atoms with van der Waals surface area (Å²) in [5.74, 6) is 0.0661. The van der Waals surface area contributed by atoms with Crippen molar-refractivity contribution in [2.45, 2.75) is 19.8 Å². The average molecular weight is 583 g/mol. The van der Waals surface area contributed by atoms with Gasteiger partial charge in [-0.3, -0.25) is 25.0 Å². The SMILES string of the molecule is CCCc1nc2ccc(Br)cc2c(=O)n1N=Cc1cc(OC)c(Oc2ccc([N+](=O)[O-])cn2)c([N+](=O)[O-])c1. The standard InChI is InChI=1S/C24H19BrN6O7/c1-3-4-21-28-18-7-5-15(25)11-17(18)24(32)29(21)27-12-14-9-19(31(35)36)23(20(10-14)37-2)38-22-8-6-16(13-26-22)30(33)34/h5-13H,3-4H2,1-2H3. The molecule has 38 heavy (non-hydrogen) atoms. The lowest BCUT2D eigenvalue weighted by atomic mass is 10.2. The van der Waals surface area contributed by atoms with Crippen LogP contribution in [-0.4, -0.2) is 37.8 Å². The number of rotatable bonds is 9. The summed E-state index contributed by atoms with van der Waals surface area (Å²) in [5, 5.41) is 27.4. The lowest BCUT2D eigenvalue weighted by Gasteiger charge is -2.11. The van der Waals surface area contributed by atoms with E-state index in [2.05, 4.69) is 31.0 Å². The number of aromatic nitrogens is 3. The summed E-state index contributed by atoms with van der Waals surface area (Å²) in [6.45, 7) is 1.94. The second-order valence-electron chi connectivity index (χ2n) is 7.84. The number of hydrogen-bond acceptors (Lipinski definition) is 10. The summed E-state index contributed by atoms with van der Waals surface area (Å²) in [7, 11) is 1.30. The number of nitro benzene ring substituents is 1. The quantitative estimate of drug-likeness (QED) is 0.150. The van der Waals surface area contributed by atoms with Crippen LogP contribution in [0.2, 0.25) is 0 Å². The molecule has 0 radical (unpaired) electrons. The minimum absolute atomic E-state index is 0.0116. The number of nitrogens with zero attached hydrogens (tertiary/aromatic N) is 6. The second kappa shape index (κ2) is 11.1. The van der Waals surface area contributed by atoms with Crippen LogP contribution in [0.4, 0.5) is 11.4 Å². The molecule has 0 aliphatic carbocycles. The molecule has 0 fully saturated rings. The smallest absolute Gasteiger partial charge is 0.316 e. The third kappa shape index (κ3) is 5.49. The van der Waals surface area contributed by atoms with Crippen molar-refractivity contribution < 1.29 is 19.3 Å². The average Bonchev–Trinajstić information content (AvgIpc) is 2.89. The van der Waals surface area contributed by atoms with Gasteiger partial charge in [0.1, 0.15) is 12.0 Å². The van der Waals surface area contributed by atoms with Crippen molar-refractivity contribution in [1.82, 2.24) is 14.6 Å². The molecule has 4 aromatic rings. The highest BCUT2D eigenvalue weighted by Crippen LogP contribution is 2.40. The van der Waals surface area contributed by atoms with Gasteiger partial charge in [-0.05, 0) is 30.7 Å². The minimum atomic E-state index is -0.676. The molecule has 0 amide bonds. The normalized spacial score (nSPS) is 11.1. The molecular formula is C24H19BrN6O7. The molecule has 4 rings (SSSR count). The molecular weight excluding hydrogens is 564 g/mol. The van der Waals surface area contributed by atoms with Gasteiger partial charge in [-0.2, -0.15) is 9.78 Å². The maximum Gasteiger partial charge on any atom is 0.316 e. The van der Waals surface area contributed by atoms with Gasteiger partial charge in [-0.1, -0.05) is 22.9 Å². The molecule has 0 bridgehead atoms. The van der Waals surface area contributed by atoms with Gasteiger partial charge in [0.05, 0.1) is 34.1 Å². The zero-order valence-corrected chi connectivity index (χ0v) is 21.6. The molecule has 14 heteroatoms. The number of ether oxygens (including phenoxy) is 2. The van der Waals surface area contributed by atoms with Crippen LogP contribution in [0.1, 0.15) is 24.7 Å². The fourth-order valence-electron chi connectivity index (χ4n) is 3.54. The number of methoxy groups -OCH3 is 1. The Kier molecular flexibility index (Phi) is 7.71. The van der Waals surface area contributed by atoms with E-state index in [-0.39, 0.29) is 34.2 Å². The Hall–Kier alpha value is -4.72. The van der Waals surface area contributed by atoms with E-state index >= 15 is 0 Å². The molecule has 0 unspecified atom stereocenters. The van der Waals surface area contributed by atoms with Crippen LogP contribution < -0.4 is 15.0 Å². The van der Waals surface area contributed by atoms with Crippen molar-refractivity contribution in [3.05, 3.63) is 95.1 Å². The maximum atomic E-state index is 13.2. The molecule has 13 nitrogen and oxygen atoms in total. The van der Waals surface area contributed by atoms with Gasteiger partial charge in [-0.15, -0.1) is 0 Å². The first-order valence-electron chi connectivity index (χ1n) is 11.1. The summed E-state index contributed by atoms with van der Waals surface area (Å²) in [5.41, 5.74) is -0.332. The topological polar surface area (TPSA) is 165 Å². The van der Waals surface area contributed by atoms with Crippen molar-refractivity contribution in [1.29, 1.82) is 0 Å². The van der Waals surface area contributed by atoms with Gasteiger partial charge in [0, 0.05) is 34.7 Å². The number of hydrogen-bond donors (Lipinski definition) is 0. The third-order valence-corrected chi connectivity index (χ3v) is 5.78. The van der Waals surface area contributed by atoms with Gasteiger partial charge < -0.3 is 9.47 Å². The van der Waals surface area contributed by atoms with Gasteiger partial charge in [0.25, 0.3) is 11.2 Å². The van der Waals surface area contributed by atoms with Crippen LogP contribution in [0.5, 0.6) is 17.4 Å². The van der Waals surface area contributed by atoms with Gasteiger partial charge >= 0.3 is 5.69 Å². The molecule has 2 heterocycles. The Bertz CT molecular complexity index is 1640. The minimum Gasteiger partial charge on any atom is -0.493 e. The van der Waals surface area contributed by atoms with Crippen LogP contribution in [0.3, 0.4) is 0 Å². The van der Waals surface area contributed by atoms with E-state index < -0.39 is 15.5 Å². The highest BCUT2D eigenvalue weighted by Gasteiger charge is 2.24. The molecule has 0 atom stereocenters. The highest BCUT2D eigenvalue weighted by atomic mass is 79.9. The van der Waals surface area contributed by atoms with E-state index in [1.807, 2.05) is 6.92 Å². The summed E-state index contributed by atoms with van der Waals surface area (Å²) < 4.78 is 12.7. The van der Waals surface area contributed by atoms with Crippen LogP contribution in [-0.2, 0) is 6.42 Å². The Morgan fingerprint density at radius 3 is 2.55 bits per heavy atom. The Morgan fingerprint density at radius 2 is 1.92 bits per heavy atom. The van der Waals surface area contributed by atoms with Gasteiger partial charge in [0.2, 0.25) is 11.6 Å². The number of nitro groups is 2. The van der Waals surface area contributed by atoms with Crippen molar-refractivity contribution in [2.75, 3.05) is 7.11 Å². The van der Waals surface area contributed by atoms with E-state index in [0.717, 1.165) is 12.3 Å². The molecule has 0 aliphatic rings.